The topological polar surface area (TPSA) is 98.6 Å². The molecule has 3 N–H and O–H groups in total. The standard InChI is InChI=1S/C14H22N4O3/c1-10-12(13(20)21)8-16-14(17-10)15-7-11(19)9-18-5-3-2-4-6-18/h8,11,19H,2-7,9H2,1H3,(H,20,21)(H,15,16,17)/t11-/m1/s1. The Balaban J connectivity index is 1.81. The largest absolute Gasteiger partial charge is 0.478 e. The summed E-state index contributed by atoms with van der Waals surface area (Å²) in [6.07, 6.45) is 4.45. The lowest BCUT2D eigenvalue weighted by Crippen LogP contribution is -2.39. The van der Waals surface area contributed by atoms with Crippen LogP contribution < -0.4 is 5.32 Å². The van der Waals surface area contributed by atoms with Crippen molar-refractivity contribution >= 4 is 11.9 Å². The van der Waals surface area contributed by atoms with Crippen LogP contribution in [0.1, 0.15) is 35.3 Å². The third-order valence-electron chi connectivity index (χ3n) is 3.62. The van der Waals surface area contributed by atoms with Crippen molar-refractivity contribution in [1.82, 2.24) is 14.9 Å². The number of hydrogen-bond acceptors (Lipinski definition) is 6. The number of nitrogens with zero attached hydrogens (tertiary/aromatic N) is 3. The first-order valence-corrected chi connectivity index (χ1v) is 7.27. The highest BCUT2D eigenvalue weighted by Gasteiger charge is 2.15. The number of carboxylic acids is 1. The first-order chi connectivity index (χ1) is 10.1. The quantitative estimate of drug-likeness (QED) is 0.711. The molecule has 7 heteroatoms. The number of hydrogen-bond donors (Lipinski definition) is 3. The van der Waals surface area contributed by atoms with Gasteiger partial charge in [-0.2, -0.15) is 0 Å². The number of rotatable bonds is 6. The van der Waals surface area contributed by atoms with E-state index in [1.807, 2.05) is 0 Å². The molecule has 2 rings (SSSR count). The van der Waals surface area contributed by atoms with Crippen molar-refractivity contribution in [3.8, 4) is 0 Å². The van der Waals surface area contributed by atoms with E-state index in [0.717, 1.165) is 13.1 Å². The molecule has 0 bridgehead atoms. The van der Waals surface area contributed by atoms with Gasteiger partial charge in [0.15, 0.2) is 0 Å². The number of piperidine rings is 1. The van der Waals surface area contributed by atoms with Crippen LogP contribution in [0.2, 0.25) is 0 Å². The van der Waals surface area contributed by atoms with Gasteiger partial charge in [-0.05, 0) is 32.9 Å². The number of aryl methyl sites for hydroxylation is 1. The molecule has 1 aromatic heterocycles. The lowest BCUT2D eigenvalue weighted by molar-refractivity contribution is 0.0695. The van der Waals surface area contributed by atoms with Gasteiger partial charge in [-0.25, -0.2) is 14.8 Å². The maximum Gasteiger partial charge on any atom is 0.339 e. The van der Waals surface area contributed by atoms with E-state index in [-0.39, 0.29) is 5.56 Å². The molecule has 0 aromatic carbocycles. The summed E-state index contributed by atoms with van der Waals surface area (Å²) < 4.78 is 0. The highest BCUT2D eigenvalue weighted by molar-refractivity contribution is 5.88. The van der Waals surface area contributed by atoms with Gasteiger partial charge in [-0.15, -0.1) is 0 Å². The summed E-state index contributed by atoms with van der Waals surface area (Å²) in [7, 11) is 0. The number of aromatic carboxylic acids is 1. The van der Waals surface area contributed by atoms with E-state index in [9.17, 15) is 9.90 Å². The van der Waals surface area contributed by atoms with Gasteiger partial charge in [0.05, 0.1) is 17.4 Å². The van der Waals surface area contributed by atoms with E-state index in [0.29, 0.717) is 24.7 Å². The number of aliphatic hydroxyl groups is 1. The fourth-order valence-corrected chi connectivity index (χ4v) is 2.48. The highest BCUT2D eigenvalue weighted by atomic mass is 16.4. The molecule has 1 fully saturated rings. The maximum absolute atomic E-state index is 10.9. The predicted molar refractivity (Wildman–Crippen MR) is 78.5 cm³/mol. The predicted octanol–water partition coefficient (Wildman–Crippen LogP) is 0.742. The Hall–Kier alpha value is -1.73. The number of nitrogens with one attached hydrogen (secondary N) is 1. The van der Waals surface area contributed by atoms with Crippen LogP contribution in [-0.4, -0.2) is 63.3 Å². The molecule has 2 heterocycles. The molecule has 0 amide bonds. The number of β-amino-alcohol motifs (C(OH)–C–C–N with tert-alkyl or cyclic N) is 1. The van der Waals surface area contributed by atoms with E-state index in [4.69, 9.17) is 5.11 Å². The van der Waals surface area contributed by atoms with E-state index in [1.165, 1.54) is 25.5 Å². The Morgan fingerprint density at radius 1 is 1.43 bits per heavy atom. The smallest absolute Gasteiger partial charge is 0.339 e. The van der Waals surface area contributed by atoms with Crippen molar-refractivity contribution in [2.45, 2.75) is 32.3 Å². The molecular formula is C14H22N4O3. The molecule has 1 atom stereocenters. The fourth-order valence-electron chi connectivity index (χ4n) is 2.48. The Morgan fingerprint density at radius 2 is 2.14 bits per heavy atom. The van der Waals surface area contributed by atoms with Gasteiger partial charge < -0.3 is 20.4 Å². The van der Waals surface area contributed by atoms with E-state index in [2.05, 4.69) is 20.2 Å². The molecule has 0 aliphatic carbocycles. The van der Waals surface area contributed by atoms with Gasteiger partial charge in [0.2, 0.25) is 5.95 Å². The second-order valence-corrected chi connectivity index (χ2v) is 5.39. The van der Waals surface area contributed by atoms with E-state index < -0.39 is 12.1 Å². The second kappa shape index (κ2) is 7.33. The molecule has 7 nitrogen and oxygen atoms in total. The number of likely N-dealkylation sites (tertiary alicyclic amines) is 1. The van der Waals surface area contributed by atoms with Crippen LogP contribution in [-0.2, 0) is 0 Å². The molecular weight excluding hydrogens is 272 g/mol. The van der Waals surface area contributed by atoms with Gasteiger partial charge in [0, 0.05) is 19.3 Å². The molecule has 21 heavy (non-hydrogen) atoms. The lowest BCUT2D eigenvalue weighted by Gasteiger charge is -2.28. The summed E-state index contributed by atoms with van der Waals surface area (Å²) in [5, 5.41) is 21.9. The minimum atomic E-state index is -1.04. The molecule has 1 saturated heterocycles. The normalized spacial score (nSPS) is 17.4. The van der Waals surface area contributed by atoms with Crippen molar-refractivity contribution in [1.29, 1.82) is 0 Å². The van der Waals surface area contributed by atoms with Crippen LogP contribution in [0, 0.1) is 6.92 Å². The molecule has 1 aliphatic rings. The van der Waals surface area contributed by atoms with Crippen molar-refractivity contribution in [3.05, 3.63) is 17.5 Å². The Labute approximate surface area is 124 Å². The van der Waals surface area contributed by atoms with E-state index >= 15 is 0 Å². The minimum absolute atomic E-state index is 0.0921. The van der Waals surface area contributed by atoms with Gasteiger partial charge in [0.1, 0.15) is 0 Å². The van der Waals surface area contributed by atoms with Gasteiger partial charge in [0.25, 0.3) is 0 Å². The number of carbonyl (C=O) groups is 1. The Kier molecular flexibility index (Phi) is 5.46. The number of anilines is 1. The summed E-state index contributed by atoms with van der Waals surface area (Å²) in [4.78, 5) is 21.2. The lowest BCUT2D eigenvalue weighted by atomic mass is 10.1. The molecule has 0 saturated carbocycles. The summed E-state index contributed by atoms with van der Waals surface area (Å²) in [6.45, 7) is 4.70. The van der Waals surface area contributed by atoms with Crippen LogP contribution in [0.4, 0.5) is 5.95 Å². The van der Waals surface area contributed by atoms with Gasteiger partial charge in [-0.3, -0.25) is 0 Å². The van der Waals surface area contributed by atoms with Crippen LogP contribution in [0.3, 0.4) is 0 Å². The third kappa shape index (κ3) is 4.64. The maximum atomic E-state index is 10.9. The molecule has 0 radical (unpaired) electrons. The summed E-state index contributed by atoms with van der Waals surface area (Å²) in [5.41, 5.74) is 0.500. The molecule has 1 aromatic rings. The fraction of sp³-hybridized carbons (Fsp3) is 0.643. The SMILES string of the molecule is Cc1nc(NC[C@@H](O)CN2CCCCC2)ncc1C(=O)O. The first-order valence-electron chi connectivity index (χ1n) is 7.27. The summed E-state index contributed by atoms with van der Waals surface area (Å²) in [6, 6.07) is 0. The average Bonchev–Trinajstić information content (AvgIpc) is 2.46. The van der Waals surface area contributed by atoms with E-state index in [1.54, 1.807) is 6.92 Å². The van der Waals surface area contributed by atoms with Crippen molar-refractivity contribution < 1.29 is 15.0 Å². The summed E-state index contributed by atoms with van der Waals surface area (Å²) >= 11 is 0. The zero-order valence-electron chi connectivity index (χ0n) is 12.2. The second-order valence-electron chi connectivity index (χ2n) is 5.39. The van der Waals surface area contributed by atoms with Crippen LogP contribution >= 0.6 is 0 Å². The number of aliphatic hydroxyl groups excluding tert-OH is 1. The monoisotopic (exact) mass is 294 g/mol. The molecule has 0 spiro atoms. The molecule has 0 unspecified atom stereocenters. The third-order valence-corrected chi connectivity index (χ3v) is 3.62. The van der Waals surface area contributed by atoms with Crippen molar-refractivity contribution in [2.24, 2.45) is 0 Å². The van der Waals surface area contributed by atoms with Gasteiger partial charge in [-0.1, -0.05) is 6.42 Å². The molecule has 116 valence electrons. The first kappa shape index (κ1) is 15.7. The number of carboxylic acid groups (broad SMARTS) is 1. The Morgan fingerprint density at radius 3 is 2.76 bits per heavy atom. The van der Waals surface area contributed by atoms with Crippen LogP contribution in [0.5, 0.6) is 0 Å². The number of aromatic nitrogens is 2. The molecule has 1 aliphatic heterocycles. The average molecular weight is 294 g/mol. The zero-order valence-corrected chi connectivity index (χ0v) is 12.2. The van der Waals surface area contributed by atoms with Crippen molar-refractivity contribution in [3.63, 3.8) is 0 Å². The zero-order chi connectivity index (χ0) is 15.2. The summed E-state index contributed by atoms with van der Waals surface area (Å²) in [5.74, 6) is -0.695. The van der Waals surface area contributed by atoms with Crippen molar-refractivity contribution in [2.75, 3.05) is 31.5 Å². The minimum Gasteiger partial charge on any atom is -0.478 e. The van der Waals surface area contributed by atoms with Crippen LogP contribution in [0.25, 0.3) is 0 Å². The van der Waals surface area contributed by atoms with Crippen LogP contribution in [0.15, 0.2) is 6.20 Å². The highest BCUT2D eigenvalue weighted by Crippen LogP contribution is 2.10. The Bertz CT molecular complexity index is 489. The van der Waals surface area contributed by atoms with Gasteiger partial charge >= 0.3 is 5.97 Å².